The predicted octanol–water partition coefficient (Wildman–Crippen LogP) is 2.38. The Morgan fingerprint density at radius 3 is 3.13 bits per heavy atom. The number of carbonyl (C=O) groups excluding carboxylic acids is 1. The molecule has 0 aliphatic heterocycles. The predicted molar refractivity (Wildman–Crippen MR) is 67.0 cm³/mol. The fourth-order valence-corrected chi connectivity index (χ4v) is 3.16. The van der Waals surface area contributed by atoms with Crippen molar-refractivity contribution in [3.05, 3.63) is 21.9 Å². The molecule has 0 saturated heterocycles. The first kappa shape index (κ1) is 12.5. The minimum absolute atomic E-state index is 0.184. The monoisotopic (exact) mass is 244 g/mol. The second kappa shape index (κ2) is 6.87. The molecule has 1 rings (SSSR count). The molecule has 3 N–H and O–H groups in total. The van der Waals surface area contributed by atoms with Gasteiger partial charge in [0.1, 0.15) is 0 Å². The zero-order chi connectivity index (χ0) is 11.1. The van der Waals surface area contributed by atoms with Crippen molar-refractivity contribution in [1.29, 1.82) is 0 Å². The molecule has 0 aliphatic rings. The Morgan fingerprint density at radius 2 is 2.47 bits per heavy atom. The van der Waals surface area contributed by atoms with Gasteiger partial charge >= 0.3 is 0 Å². The standard InChI is InChI=1S/C10H16N2OS2/c1-2-3-5-14-7-8-4-6-15-9(8)10(13)12-11/h4,6H,2-3,5,7,11H2,1H3,(H,12,13). The summed E-state index contributed by atoms with van der Waals surface area (Å²) in [4.78, 5) is 12.1. The Balaban J connectivity index is 2.46. The average molecular weight is 244 g/mol. The number of thioether (sulfide) groups is 1. The maximum atomic E-state index is 11.3. The third-order valence-corrected chi connectivity index (χ3v) is 4.03. The smallest absolute Gasteiger partial charge is 0.275 e. The molecule has 0 unspecified atom stereocenters. The first-order valence-electron chi connectivity index (χ1n) is 4.94. The van der Waals surface area contributed by atoms with Crippen molar-refractivity contribution < 1.29 is 4.79 Å². The molecule has 1 amide bonds. The van der Waals surface area contributed by atoms with Crippen LogP contribution in [0.3, 0.4) is 0 Å². The van der Waals surface area contributed by atoms with E-state index in [0.29, 0.717) is 0 Å². The third kappa shape index (κ3) is 3.85. The summed E-state index contributed by atoms with van der Waals surface area (Å²) in [7, 11) is 0. The van der Waals surface area contributed by atoms with Crippen molar-refractivity contribution in [3.63, 3.8) is 0 Å². The normalized spacial score (nSPS) is 10.3. The molecular formula is C10H16N2OS2. The Morgan fingerprint density at radius 1 is 1.67 bits per heavy atom. The fourth-order valence-electron chi connectivity index (χ4n) is 1.14. The number of hydrogen-bond acceptors (Lipinski definition) is 4. The highest BCUT2D eigenvalue weighted by Gasteiger charge is 2.11. The lowest BCUT2D eigenvalue weighted by Gasteiger charge is -2.02. The van der Waals surface area contributed by atoms with Gasteiger partial charge in [0.05, 0.1) is 4.88 Å². The van der Waals surface area contributed by atoms with Crippen molar-refractivity contribution in [1.82, 2.24) is 5.43 Å². The summed E-state index contributed by atoms with van der Waals surface area (Å²) in [6, 6.07) is 1.99. The Bertz CT molecular complexity index is 312. The van der Waals surface area contributed by atoms with Crippen molar-refractivity contribution in [2.75, 3.05) is 5.75 Å². The molecule has 1 aromatic rings. The number of hydrazine groups is 1. The molecule has 0 bridgehead atoms. The molecule has 15 heavy (non-hydrogen) atoms. The van der Waals surface area contributed by atoms with Gasteiger partial charge in [-0.05, 0) is 29.2 Å². The summed E-state index contributed by atoms with van der Waals surface area (Å²) in [6.45, 7) is 2.18. The Kier molecular flexibility index (Phi) is 5.75. The van der Waals surface area contributed by atoms with Crippen LogP contribution in [0.2, 0.25) is 0 Å². The number of rotatable bonds is 6. The number of carbonyl (C=O) groups is 1. The second-order valence-corrected chi connectivity index (χ2v) is 5.18. The number of thiophene rings is 1. The van der Waals surface area contributed by atoms with E-state index in [2.05, 4.69) is 12.3 Å². The lowest BCUT2D eigenvalue weighted by molar-refractivity contribution is 0.0957. The maximum absolute atomic E-state index is 11.3. The summed E-state index contributed by atoms with van der Waals surface area (Å²) >= 11 is 3.30. The highest BCUT2D eigenvalue weighted by atomic mass is 32.2. The van der Waals surface area contributed by atoms with Gasteiger partial charge in [-0.25, -0.2) is 5.84 Å². The van der Waals surface area contributed by atoms with E-state index in [1.165, 1.54) is 24.2 Å². The molecule has 0 fully saturated rings. The number of hydrogen-bond donors (Lipinski definition) is 2. The van der Waals surface area contributed by atoms with E-state index in [4.69, 9.17) is 5.84 Å². The number of nitrogens with two attached hydrogens (primary N) is 1. The molecule has 1 aromatic heterocycles. The SMILES string of the molecule is CCCCSCc1ccsc1C(=O)NN. The molecular weight excluding hydrogens is 228 g/mol. The van der Waals surface area contributed by atoms with Crippen LogP contribution in [0.1, 0.15) is 35.0 Å². The quantitative estimate of drug-likeness (QED) is 0.350. The van der Waals surface area contributed by atoms with Crippen LogP contribution in [0.15, 0.2) is 11.4 Å². The van der Waals surface area contributed by atoms with E-state index in [0.717, 1.165) is 21.9 Å². The Labute approximate surface area is 98.4 Å². The third-order valence-electron chi connectivity index (χ3n) is 1.98. The molecule has 0 aromatic carbocycles. The number of nitrogens with one attached hydrogen (secondary N) is 1. The molecule has 3 nitrogen and oxygen atoms in total. The van der Waals surface area contributed by atoms with Crippen LogP contribution < -0.4 is 11.3 Å². The maximum Gasteiger partial charge on any atom is 0.275 e. The molecule has 1 heterocycles. The van der Waals surface area contributed by atoms with Gasteiger partial charge in [0.15, 0.2) is 0 Å². The molecule has 84 valence electrons. The lowest BCUT2D eigenvalue weighted by atomic mass is 10.3. The summed E-state index contributed by atoms with van der Waals surface area (Å²) in [5.41, 5.74) is 3.26. The largest absolute Gasteiger partial charge is 0.289 e. The zero-order valence-electron chi connectivity index (χ0n) is 8.79. The van der Waals surface area contributed by atoms with Gasteiger partial charge in [0.2, 0.25) is 0 Å². The van der Waals surface area contributed by atoms with Gasteiger partial charge < -0.3 is 0 Å². The average Bonchev–Trinajstić information content (AvgIpc) is 2.71. The highest BCUT2D eigenvalue weighted by Crippen LogP contribution is 2.22. The minimum Gasteiger partial charge on any atom is -0.289 e. The summed E-state index contributed by atoms with van der Waals surface area (Å²) < 4.78 is 0. The molecule has 0 aliphatic carbocycles. The van der Waals surface area contributed by atoms with E-state index < -0.39 is 0 Å². The van der Waals surface area contributed by atoms with Crippen molar-refractivity contribution in [2.24, 2.45) is 5.84 Å². The van der Waals surface area contributed by atoms with Gasteiger partial charge in [0.25, 0.3) is 5.91 Å². The van der Waals surface area contributed by atoms with Crippen molar-refractivity contribution in [2.45, 2.75) is 25.5 Å². The highest BCUT2D eigenvalue weighted by molar-refractivity contribution is 7.98. The summed E-state index contributed by atoms with van der Waals surface area (Å²) in [5.74, 6) is 6.97. The molecule has 0 atom stereocenters. The van der Waals surface area contributed by atoms with Gasteiger partial charge in [0, 0.05) is 5.75 Å². The number of unbranched alkanes of at least 4 members (excludes halogenated alkanes) is 1. The van der Waals surface area contributed by atoms with Crippen LogP contribution in [-0.2, 0) is 5.75 Å². The lowest BCUT2D eigenvalue weighted by Crippen LogP contribution is -2.29. The van der Waals surface area contributed by atoms with E-state index in [1.54, 1.807) is 0 Å². The van der Waals surface area contributed by atoms with E-state index in [1.807, 2.05) is 23.2 Å². The van der Waals surface area contributed by atoms with Crippen LogP contribution in [0.25, 0.3) is 0 Å². The Hall–Kier alpha value is -0.520. The summed E-state index contributed by atoms with van der Waals surface area (Å²) in [5, 5.41) is 1.93. The molecule has 0 saturated carbocycles. The molecule has 0 spiro atoms. The van der Waals surface area contributed by atoms with Crippen LogP contribution in [0.4, 0.5) is 0 Å². The topological polar surface area (TPSA) is 55.1 Å². The van der Waals surface area contributed by atoms with Crippen molar-refractivity contribution in [3.8, 4) is 0 Å². The molecule has 0 radical (unpaired) electrons. The van der Waals surface area contributed by atoms with Gasteiger partial charge in [-0.3, -0.25) is 10.2 Å². The van der Waals surface area contributed by atoms with Crippen LogP contribution in [0, 0.1) is 0 Å². The zero-order valence-corrected chi connectivity index (χ0v) is 10.4. The van der Waals surface area contributed by atoms with Crippen LogP contribution >= 0.6 is 23.1 Å². The summed E-state index contributed by atoms with van der Waals surface area (Å²) in [6.07, 6.45) is 2.44. The van der Waals surface area contributed by atoms with Gasteiger partial charge in [-0.15, -0.1) is 11.3 Å². The first-order chi connectivity index (χ1) is 7.29. The first-order valence-corrected chi connectivity index (χ1v) is 6.98. The van der Waals surface area contributed by atoms with E-state index in [9.17, 15) is 4.79 Å². The van der Waals surface area contributed by atoms with E-state index in [-0.39, 0.29) is 5.91 Å². The van der Waals surface area contributed by atoms with E-state index >= 15 is 0 Å². The number of amides is 1. The fraction of sp³-hybridized carbons (Fsp3) is 0.500. The van der Waals surface area contributed by atoms with Crippen LogP contribution in [-0.4, -0.2) is 11.7 Å². The minimum atomic E-state index is -0.184. The van der Waals surface area contributed by atoms with Gasteiger partial charge in [-0.2, -0.15) is 11.8 Å². The molecule has 5 heteroatoms. The van der Waals surface area contributed by atoms with Crippen molar-refractivity contribution >= 4 is 29.0 Å². The van der Waals surface area contributed by atoms with Gasteiger partial charge in [-0.1, -0.05) is 13.3 Å². The number of nitrogen functional groups attached to an aromatic ring is 1. The van der Waals surface area contributed by atoms with Crippen LogP contribution in [0.5, 0.6) is 0 Å². The second-order valence-electron chi connectivity index (χ2n) is 3.15.